The molecule has 0 atom stereocenters. The van der Waals surface area contributed by atoms with Crippen LogP contribution in [0.1, 0.15) is 12.0 Å². The molecular weight excluding hydrogens is 251 g/mol. The average molecular weight is 271 g/mol. The number of hydrogen-bond donors (Lipinski definition) is 0. The van der Waals surface area contributed by atoms with E-state index in [0.29, 0.717) is 5.88 Å². The quantitative estimate of drug-likeness (QED) is 0.776. The van der Waals surface area contributed by atoms with Gasteiger partial charge in [0, 0.05) is 32.1 Å². The van der Waals surface area contributed by atoms with E-state index in [0.717, 1.165) is 39.3 Å². The minimum absolute atomic E-state index is 0.164. The lowest BCUT2D eigenvalue weighted by atomic mass is 10.2. The first-order chi connectivity index (χ1) is 8.78. The number of hydrogen-bond acceptors (Lipinski definition) is 2. The highest BCUT2D eigenvalue weighted by Crippen LogP contribution is 2.10. The number of rotatable bonds is 4. The number of nitrogens with zero attached hydrogens (tertiary/aromatic N) is 2. The Kier molecular flexibility index (Phi) is 5.42. The Hall–Kier alpha value is -0.640. The van der Waals surface area contributed by atoms with Crippen molar-refractivity contribution < 1.29 is 4.39 Å². The van der Waals surface area contributed by atoms with Gasteiger partial charge in [0.1, 0.15) is 5.82 Å². The molecule has 18 heavy (non-hydrogen) atoms. The molecule has 1 aromatic rings. The van der Waals surface area contributed by atoms with E-state index in [1.807, 2.05) is 12.1 Å². The highest BCUT2D eigenvalue weighted by molar-refractivity contribution is 6.18. The molecule has 1 aromatic carbocycles. The summed E-state index contributed by atoms with van der Waals surface area (Å²) in [5.41, 5.74) is 1.18. The van der Waals surface area contributed by atoms with E-state index in [2.05, 4.69) is 9.80 Å². The van der Waals surface area contributed by atoms with Gasteiger partial charge < -0.3 is 4.90 Å². The van der Waals surface area contributed by atoms with Gasteiger partial charge >= 0.3 is 0 Å². The normalized spacial score (nSPS) is 18.8. The Morgan fingerprint density at radius 2 is 1.67 bits per heavy atom. The molecule has 0 unspecified atom stereocenters. The standard InChI is InChI=1S/C14H20ClFN2/c15-6-9-17-7-1-8-18(11-10-17)12-13-2-4-14(16)5-3-13/h2-5H,1,6-12H2. The van der Waals surface area contributed by atoms with Crippen molar-refractivity contribution in [2.45, 2.75) is 13.0 Å². The van der Waals surface area contributed by atoms with Crippen molar-refractivity contribution in [1.82, 2.24) is 9.80 Å². The number of benzene rings is 1. The largest absolute Gasteiger partial charge is 0.301 e. The van der Waals surface area contributed by atoms with Crippen LogP contribution in [-0.4, -0.2) is 48.4 Å². The van der Waals surface area contributed by atoms with E-state index < -0.39 is 0 Å². The zero-order chi connectivity index (χ0) is 12.8. The molecule has 0 saturated carbocycles. The van der Waals surface area contributed by atoms with Crippen molar-refractivity contribution in [3.63, 3.8) is 0 Å². The molecule has 0 N–H and O–H groups in total. The average Bonchev–Trinajstić information content (AvgIpc) is 2.59. The van der Waals surface area contributed by atoms with E-state index >= 15 is 0 Å². The van der Waals surface area contributed by atoms with Gasteiger partial charge in [0.15, 0.2) is 0 Å². The molecule has 0 aromatic heterocycles. The van der Waals surface area contributed by atoms with Gasteiger partial charge in [-0.2, -0.15) is 0 Å². The third kappa shape index (κ3) is 4.23. The Balaban J connectivity index is 1.84. The minimum Gasteiger partial charge on any atom is -0.301 e. The van der Waals surface area contributed by atoms with Crippen molar-refractivity contribution in [1.29, 1.82) is 0 Å². The first-order valence-electron chi connectivity index (χ1n) is 6.53. The van der Waals surface area contributed by atoms with Gasteiger partial charge in [-0.05, 0) is 37.2 Å². The van der Waals surface area contributed by atoms with Gasteiger partial charge in [-0.25, -0.2) is 4.39 Å². The van der Waals surface area contributed by atoms with Crippen LogP contribution in [0, 0.1) is 5.82 Å². The van der Waals surface area contributed by atoms with Crippen molar-refractivity contribution in [2.75, 3.05) is 38.6 Å². The van der Waals surface area contributed by atoms with Crippen LogP contribution in [0.3, 0.4) is 0 Å². The maximum atomic E-state index is 12.8. The molecule has 0 aliphatic carbocycles. The van der Waals surface area contributed by atoms with Crippen LogP contribution in [0.2, 0.25) is 0 Å². The molecule has 1 aliphatic heterocycles. The van der Waals surface area contributed by atoms with Crippen LogP contribution in [0.5, 0.6) is 0 Å². The van der Waals surface area contributed by atoms with Crippen LogP contribution in [0.25, 0.3) is 0 Å². The Morgan fingerprint density at radius 1 is 1.00 bits per heavy atom. The molecule has 0 amide bonds. The second kappa shape index (κ2) is 7.07. The van der Waals surface area contributed by atoms with Gasteiger partial charge in [0.2, 0.25) is 0 Å². The molecule has 1 heterocycles. The number of alkyl halides is 1. The molecule has 100 valence electrons. The van der Waals surface area contributed by atoms with Crippen LogP contribution >= 0.6 is 11.6 Å². The first kappa shape index (κ1) is 13.8. The molecule has 0 radical (unpaired) electrons. The fourth-order valence-corrected chi connectivity index (χ4v) is 2.61. The fraction of sp³-hybridized carbons (Fsp3) is 0.571. The topological polar surface area (TPSA) is 6.48 Å². The molecule has 0 bridgehead atoms. The summed E-state index contributed by atoms with van der Waals surface area (Å²) >= 11 is 5.78. The summed E-state index contributed by atoms with van der Waals surface area (Å²) in [4.78, 5) is 4.85. The van der Waals surface area contributed by atoms with Crippen molar-refractivity contribution in [2.24, 2.45) is 0 Å². The second-order valence-electron chi connectivity index (χ2n) is 4.79. The second-order valence-corrected chi connectivity index (χ2v) is 5.16. The summed E-state index contributed by atoms with van der Waals surface area (Å²) in [5, 5.41) is 0. The van der Waals surface area contributed by atoms with Gasteiger partial charge in [0.25, 0.3) is 0 Å². The Labute approximate surface area is 113 Å². The predicted molar refractivity (Wildman–Crippen MR) is 73.5 cm³/mol. The molecule has 1 saturated heterocycles. The molecule has 1 aliphatic rings. The summed E-state index contributed by atoms with van der Waals surface area (Å²) in [7, 11) is 0. The zero-order valence-electron chi connectivity index (χ0n) is 10.6. The fourth-order valence-electron chi connectivity index (χ4n) is 2.37. The van der Waals surface area contributed by atoms with E-state index in [1.165, 1.54) is 24.1 Å². The zero-order valence-corrected chi connectivity index (χ0v) is 11.4. The van der Waals surface area contributed by atoms with Crippen LogP contribution in [0.4, 0.5) is 4.39 Å². The summed E-state index contributed by atoms with van der Waals surface area (Å²) in [6, 6.07) is 6.81. The van der Waals surface area contributed by atoms with Crippen LogP contribution in [0.15, 0.2) is 24.3 Å². The summed E-state index contributed by atoms with van der Waals surface area (Å²) < 4.78 is 12.8. The highest BCUT2D eigenvalue weighted by atomic mass is 35.5. The van der Waals surface area contributed by atoms with Crippen molar-refractivity contribution >= 4 is 11.6 Å². The summed E-state index contributed by atoms with van der Waals surface area (Å²) in [5.74, 6) is 0.542. The van der Waals surface area contributed by atoms with Crippen molar-refractivity contribution in [3.8, 4) is 0 Å². The Morgan fingerprint density at radius 3 is 2.39 bits per heavy atom. The van der Waals surface area contributed by atoms with Crippen LogP contribution < -0.4 is 0 Å². The third-order valence-corrected chi connectivity index (χ3v) is 3.57. The molecule has 4 heteroatoms. The molecule has 1 fully saturated rings. The van der Waals surface area contributed by atoms with E-state index in [9.17, 15) is 4.39 Å². The van der Waals surface area contributed by atoms with Gasteiger partial charge in [-0.1, -0.05) is 12.1 Å². The van der Waals surface area contributed by atoms with Crippen LogP contribution in [-0.2, 0) is 6.54 Å². The minimum atomic E-state index is -0.164. The predicted octanol–water partition coefficient (Wildman–Crippen LogP) is 2.57. The van der Waals surface area contributed by atoms with E-state index in [4.69, 9.17) is 11.6 Å². The molecular formula is C14H20ClFN2. The summed E-state index contributed by atoms with van der Waals surface area (Å²) in [6.07, 6.45) is 1.18. The van der Waals surface area contributed by atoms with Gasteiger partial charge in [-0.15, -0.1) is 11.6 Å². The lowest BCUT2D eigenvalue weighted by Gasteiger charge is -2.21. The monoisotopic (exact) mass is 270 g/mol. The maximum absolute atomic E-state index is 12.8. The first-order valence-corrected chi connectivity index (χ1v) is 7.06. The van der Waals surface area contributed by atoms with Gasteiger partial charge in [0.05, 0.1) is 0 Å². The maximum Gasteiger partial charge on any atom is 0.123 e. The third-order valence-electron chi connectivity index (χ3n) is 3.40. The van der Waals surface area contributed by atoms with Gasteiger partial charge in [-0.3, -0.25) is 4.90 Å². The molecule has 2 nitrogen and oxygen atoms in total. The SMILES string of the molecule is Fc1ccc(CN2CCCN(CCCl)CC2)cc1. The molecule has 2 rings (SSSR count). The summed E-state index contributed by atoms with van der Waals surface area (Å²) in [6.45, 7) is 6.27. The number of halogens is 2. The Bertz CT molecular complexity index is 355. The smallest absolute Gasteiger partial charge is 0.123 e. The van der Waals surface area contributed by atoms with Crippen molar-refractivity contribution in [3.05, 3.63) is 35.6 Å². The highest BCUT2D eigenvalue weighted by Gasteiger charge is 2.14. The lowest BCUT2D eigenvalue weighted by Crippen LogP contribution is -2.31. The lowest BCUT2D eigenvalue weighted by molar-refractivity contribution is 0.258. The van der Waals surface area contributed by atoms with E-state index in [-0.39, 0.29) is 5.82 Å². The molecule has 0 spiro atoms. The van der Waals surface area contributed by atoms with E-state index in [1.54, 1.807) is 0 Å².